The Kier molecular flexibility index (Phi) is 5.67. The lowest BCUT2D eigenvalue weighted by Gasteiger charge is -2.36. The lowest BCUT2D eigenvalue weighted by Crippen LogP contribution is -2.55. The van der Waals surface area contributed by atoms with Crippen molar-refractivity contribution >= 4 is 5.91 Å². The first kappa shape index (κ1) is 16.5. The summed E-state index contributed by atoms with van der Waals surface area (Å²) in [5, 5.41) is 10.7. The van der Waals surface area contributed by atoms with Gasteiger partial charge in [0.1, 0.15) is 5.54 Å². The maximum absolute atomic E-state index is 12.8. The number of carbonyl (C=O) groups excluding carboxylic acids is 1. The summed E-state index contributed by atoms with van der Waals surface area (Å²) < 4.78 is 7.72. The summed E-state index contributed by atoms with van der Waals surface area (Å²) in [7, 11) is 0. The van der Waals surface area contributed by atoms with Crippen LogP contribution in [0.25, 0.3) is 0 Å². The van der Waals surface area contributed by atoms with Crippen LogP contribution in [0.15, 0.2) is 18.5 Å². The molecule has 6 nitrogen and oxygen atoms in total. The first-order valence-corrected chi connectivity index (χ1v) is 8.92. The third-order valence-electron chi connectivity index (χ3n) is 5.09. The number of amides is 1. The molecular formula is C17H28N4O2. The molecule has 0 aromatic carbocycles. The molecule has 0 radical (unpaired) electrons. The van der Waals surface area contributed by atoms with Gasteiger partial charge in [0, 0.05) is 18.9 Å². The summed E-state index contributed by atoms with van der Waals surface area (Å²) in [6.45, 7) is 2.85. The Bertz CT molecular complexity index is 477. The summed E-state index contributed by atoms with van der Waals surface area (Å²) in [4.78, 5) is 12.8. The Morgan fingerprint density at radius 2 is 2.09 bits per heavy atom. The van der Waals surface area contributed by atoms with Crippen molar-refractivity contribution in [3.63, 3.8) is 0 Å². The molecule has 2 aliphatic rings. The predicted octanol–water partition coefficient (Wildman–Crippen LogP) is 1.43. The lowest BCUT2D eigenvalue weighted by molar-refractivity contribution is -0.132. The number of aromatic nitrogens is 2. The molecule has 23 heavy (non-hydrogen) atoms. The Balaban J connectivity index is 1.50. The van der Waals surface area contributed by atoms with Crippen LogP contribution >= 0.6 is 0 Å². The second-order valence-corrected chi connectivity index (χ2v) is 6.62. The third kappa shape index (κ3) is 3.93. The van der Waals surface area contributed by atoms with Crippen LogP contribution in [-0.2, 0) is 15.1 Å². The van der Waals surface area contributed by atoms with E-state index in [1.165, 1.54) is 19.3 Å². The van der Waals surface area contributed by atoms with Crippen molar-refractivity contribution in [2.75, 3.05) is 26.2 Å². The minimum atomic E-state index is -0.556. The largest absolute Gasteiger partial charge is 0.376 e. The zero-order valence-electron chi connectivity index (χ0n) is 13.8. The molecule has 1 aromatic heterocycles. The Morgan fingerprint density at radius 3 is 2.78 bits per heavy atom. The second kappa shape index (κ2) is 7.93. The number of hydrogen-bond acceptors (Lipinski definition) is 4. The molecule has 6 heteroatoms. The number of nitrogens with one attached hydrogen (secondary N) is 2. The van der Waals surface area contributed by atoms with Crippen LogP contribution in [0, 0.1) is 0 Å². The molecule has 2 heterocycles. The van der Waals surface area contributed by atoms with Crippen molar-refractivity contribution in [2.24, 2.45) is 0 Å². The van der Waals surface area contributed by atoms with E-state index in [2.05, 4.69) is 15.7 Å². The van der Waals surface area contributed by atoms with Gasteiger partial charge in [-0.15, -0.1) is 0 Å². The van der Waals surface area contributed by atoms with E-state index in [-0.39, 0.29) is 5.91 Å². The predicted molar refractivity (Wildman–Crippen MR) is 88.1 cm³/mol. The van der Waals surface area contributed by atoms with Crippen LogP contribution in [0.4, 0.5) is 0 Å². The zero-order chi connectivity index (χ0) is 16.0. The molecule has 0 spiro atoms. The quantitative estimate of drug-likeness (QED) is 0.778. The highest BCUT2D eigenvalue weighted by Crippen LogP contribution is 2.27. The second-order valence-electron chi connectivity index (χ2n) is 6.62. The van der Waals surface area contributed by atoms with Crippen molar-refractivity contribution in [1.29, 1.82) is 0 Å². The summed E-state index contributed by atoms with van der Waals surface area (Å²) in [5.41, 5.74) is -0.556. The van der Waals surface area contributed by atoms with Crippen LogP contribution in [0.1, 0.15) is 44.9 Å². The number of ether oxygens (including phenoxy) is 1. The lowest BCUT2D eigenvalue weighted by atomic mass is 9.87. The molecule has 128 valence electrons. The molecule has 2 N–H and O–H groups in total. The fourth-order valence-electron chi connectivity index (χ4n) is 3.71. The summed E-state index contributed by atoms with van der Waals surface area (Å²) in [6, 6.07) is 1.88. The molecule has 0 atom stereocenters. The Labute approximate surface area is 138 Å². The molecule has 1 amide bonds. The van der Waals surface area contributed by atoms with Crippen molar-refractivity contribution in [3.8, 4) is 0 Å². The minimum Gasteiger partial charge on any atom is -0.376 e. The monoisotopic (exact) mass is 320 g/mol. The maximum Gasteiger partial charge on any atom is 0.248 e. The molecule has 1 aliphatic carbocycles. The SMILES string of the molecule is O=C(NCCOC1CCCCC1)C1(n2cccn2)CCNCC1. The van der Waals surface area contributed by atoms with Crippen LogP contribution in [0.3, 0.4) is 0 Å². The zero-order valence-corrected chi connectivity index (χ0v) is 13.8. The van der Waals surface area contributed by atoms with Gasteiger partial charge in [0.25, 0.3) is 0 Å². The summed E-state index contributed by atoms with van der Waals surface area (Å²) in [6.07, 6.45) is 11.8. The summed E-state index contributed by atoms with van der Waals surface area (Å²) in [5.74, 6) is 0.0648. The molecule has 1 aromatic rings. The fraction of sp³-hybridized carbons (Fsp3) is 0.765. The van der Waals surface area contributed by atoms with E-state index < -0.39 is 5.54 Å². The molecule has 2 fully saturated rings. The van der Waals surface area contributed by atoms with Gasteiger partial charge in [-0.3, -0.25) is 9.48 Å². The van der Waals surface area contributed by atoms with E-state index in [0.29, 0.717) is 19.3 Å². The molecule has 1 saturated heterocycles. The van der Waals surface area contributed by atoms with Gasteiger partial charge in [0.2, 0.25) is 5.91 Å². The highest BCUT2D eigenvalue weighted by atomic mass is 16.5. The van der Waals surface area contributed by atoms with Crippen molar-refractivity contribution in [3.05, 3.63) is 18.5 Å². The standard InChI is InChI=1S/C17H28N4O2/c22-16(19-12-14-23-15-5-2-1-3-6-15)17(7-10-18-11-8-17)21-13-4-9-20-21/h4,9,13,15,18H,1-3,5-8,10-12,14H2,(H,19,22). The molecule has 0 unspecified atom stereocenters. The van der Waals surface area contributed by atoms with Gasteiger partial charge in [-0.05, 0) is 44.8 Å². The van der Waals surface area contributed by atoms with E-state index >= 15 is 0 Å². The van der Waals surface area contributed by atoms with Gasteiger partial charge < -0.3 is 15.4 Å². The average Bonchev–Trinajstić information content (AvgIpc) is 3.15. The molecule has 1 saturated carbocycles. The third-order valence-corrected chi connectivity index (χ3v) is 5.09. The molecular weight excluding hydrogens is 292 g/mol. The highest BCUT2D eigenvalue weighted by molar-refractivity contribution is 5.84. The minimum absolute atomic E-state index is 0.0648. The molecule has 3 rings (SSSR count). The van der Waals surface area contributed by atoms with Crippen molar-refractivity contribution in [1.82, 2.24) is 20.4 Å². The number of rotatable bonds is 6. The molecule has 1 aliphatic heterocycles. The average molecular weight is 320 g/mol. The van der Waals surface area contributed by atoms with Gasteiger partial charge in [0.05, 0.1) is 12.7 Å². The van der Waals surface area contributed by atoms with Crippen molar-refractivity contribution in [2.45, 2.75) is 56.6 Å². The smallest absolute Gasteiger partial charge is 0.248 e. The maximum atomic E-state index is 12.8. The highest BCUT2D eigenvalue weighted by Gasteiger charge is 2.41. The van der Waals surface area contributed by atoms with Gasteiger partial charge in [-0.25, -0.2) is 0 Å². The van der Waals surface area contributed by atoms with Gasteiger partial charge >= 0.3 is 0 Å². The number of piperidine rings is 1. The van der Waals surface area contributed by atoms with E-state index in [0.717, 1.165) is 38.8 Å². The summed E-state index contributed by atoms with van der Waals surface area (Å²) >= 11 is 0. The topological polar surface area (TPSA) is 68.2 Å². The first-order valence-electron chi connectivity index (χ1n) is 8.92. The van der Waals surface area contributed by atoms with E-state index in [9.17, 15) is 4.79 Å². The Hall–Kier alpha value is -1.40. The van der Waals surface area contributed by atoms with Crippen LogP contribution in [0.5, 0.6) is 0 Å². The fourth-order valence-corrected chi connectivity index (χ4v) is 3.71. The van der Waals surface area contributed by atoms with E-state index in [1.54, 1.807) is 6.20 Å². The van der Waals surface area contributed by atoms with Crippen LogP contribution in [-0.4, -0.2) is 48.0 Å². The van der Waals surface area contributed by atoms with Gasteiger partial charge in [-0.1, -0.05) is 19.3 Å². The van der Waals surface area contributed by atoms with Crippen molar-refractivity contribution < 1.29 is 9.53 Å². The Morgan fingerprint density at radius 1 is 1.30 bits per heavy atom. The molecule has 0 bridgehead atoms. The van der Waals surface area contributed by atoms with E-state index in [4.69, 9.17) is 4.74 Å². The number of carbonyl (C=O) groups is 1. The number of hydrogen-bond donors (Lipinski definition) is 2. The van der Waals surface area contributed by atoms with Crippen LogP contribution in [0.2, 0.25) is 0 Å². The first-order chi connectivity index (χ1) is 11.3. The van der Waals surface area contributed by atoms with Crippen LogP contribution < -0.4 is 10.6 Å². The van der Waals surface area contributed by atoms with E-state index in [1.807, 2.05) is 16.9 Å². The van der Waals surface area contributed by atoms with Gasteiger partial charge in [0.15, 0.2) is 0 Å². The normalized spacial score (nSPS) is 21.9. The number of nitrogens with zero attached hydrogens (tertiary/aromatic N) is 2. The van der Waals surface area contributed by atoms with Gasteiger partial charge in [-0.2, -0.15) is 5.10 Å².